The third-order valence-electron chi connectivity index (χ3n) is 6.28. The molecule has 208 valence electrons. The fraction of sp³-hybridized carbons (Fsp3) is 0.333. The summed E-state index contributed by atoms with van der Waals surface area (Å²) in [7, 11) is -4.22. The third-order valence-corrected chi connectivity index (χ3v) is 8.07. The van der Waals surface area contributed by atoms with Crippen LogP contribution in [0.1, 0.15) is 32.8 Å². The molecule has 0 bridgehead atoms. The van der Waals surface area contributed by atoms with Crippen LogP contribution in [0.15, 0.2) is 89.8 Å². The number of sulfonamides is 1. The molecule has 39 heavy (non-hydrogen) atoms. The molecule has 0 aliphatic heterocycles. The second kappa shape index (κ2) is 13.9. The van der Waals surface area contributed by atoms with Crippen LogP contribution in [0, 0.1) is 11.7 Å². The number of nitrogens with one attached hydrogen (secondary N) is 1. The molecule has 0 saturated heterocycles. The molecule has 9 heteroatoms. The highest BCUT2D eigenvalue weighted by molar-refractivity contribution is 7.92. The summed E-state index contributed by atoms with van der Waals surface area (Å²) in [6.07, 6.45) is 0.858. The van der Waals surface area contributed by atoms with Crippen LogP contribution in [0.2, 0.25) is 0 Å². The van der Waals surface area contributed by atoms with E-state index in [1.165, 1.54) is 17.0 Å². The van der Waals surface area contributed by atoms with Crippen molar-refractivity contribution < 1.29 is 22.4 Å². The number of carbonyl (C=O) groups is 2. The topological polar surface area (TPSA) is 86.8 Å². The first-order valence-corrected chi connectivity index (χ1v) is 14.5. The Balaban J connectivity index is 1.96. The summed E-state index contributed by atoms with van der Waals surface area (Å²) in [5, 5.41) is 2.91. The van der Waals surface area contributed by atoms with Gasteiger partial charge in [0.1, 0.15) is 18.4 Å². The quantitative estimate of drug-likeness (QED) is 0.334. The van der Waals surface area contributed by atoms with E-state index in [9.17, 15) is 22.4 Å². The number of hydrogen-bond acceptors (Lipinski definition) is 4. The molecule has 0 aliphatic carbocycles. The predicted octanol–water partition coefficient (Wildman–Crippen LogP) is 4.64. The second-order valence-electron chi connectivity index (χ2n) is 9.69. The Hall–Kier alpha value is -3.72. The number of halogens is 1. The summed E-state index contributed by atoms with van der Waals surface area (Å²) in [6.45, 7) is 5.97. The Labute approximate surface area is 230 Å². The molecule has 3 rings (SSSR count). The Morgan fingerprint density at radius 3 is 2.05 bits per heavy atom. The maximum atomic E-state index is 13.9. The van der Waals surface area contributed by atoms with E-state index < -0.39 is 34.3 Å². The zero-order valence-corrected chi connectivity index (χ0v) is 23.4. The van der Waals surface area contributed by atoms with Crippen molar-refractivity contribution in [3.05, 3.63) is 96.3 Å². The summed E-state index contributed by atoms with van der Waals surface area (Å²) < 4.78 is 41.9. The molecule has 7 nitrogen and oxygen atoms in total. The van der Waals surface area contributed by atoms with Crippen LogP contribution < -0.4 is 9.62 Å². The Bertz CT molecular complexity index is 1320. The van der Waals surface area contributed by atoms with Crippen molar-refractivity contribution in [2.45, 2.75) is 44.6 Å². The Kier molecular flexibility index (Phi) is 10.6. The molecule has 0 heterocycles. The summed E-state index contributed by atoms with van der Waals surface area (Å²) >= 11 is 0. The van der Waals surface area contributed by atoms with Crippen molar-refractivity contribution in [2.24, 2.45) is 5.92 Å². The lowest BCUT2D eigenvalue weighted by atomic mass is 10.1. The van der Waals surface area contributed by atoms with E-state index in [-0.39, 0.29) is 29.0 Å². The molecular weight excluding hydrogens is 517 g/mol. The molecule has 0 radical (unpaired) electrons. The number of para-hydroxylation sites is 1. The first-order chi connectivity index (χ1) is 18.6. The number of benzene rings is 3. The summed E-state index contributed by atoms with van der Waals surface area (Å²) in [4.78, 5) is 28.4. The summed E-state index contributed by atoms with van der Waals surface area (Å²) in [5.41, 5.74) is 1.28. The minimum Gasteiger partial charge on any atom is -0.354 e. The lowest BCUT2D eigenvalue weighted by molar-refractivity contribution is -0.139. The minimum atomic E-state index is -4.22. The summed E-state index contributed by atoms with van der Waals surface area (Å²) in [6, 6.07) is 21.6. The number of rotatable bonds is 13. The molecule has 0 fully saturated rings. The van der Waals surface area contributed by atoms with E-state index in [0.29, 0.717) is 19.4 Å². The van der Waals surface area contributed by atoms with Gasteiger partial charge in [0, 0.05) is 13.1 Å². The van der Waals surface area contributed by atoms with Crippen molar-refractivity contribution in [3.8, 4) is 0 Å². The highest BCUT2D eigenvalue weighted by Crippen LogP contribution is 2.24. The van der Waals surface area contributed by atoms with E-state index >= 15 is 0 Å². The maximum absolute atomic E-state index is 13.9. The van der Waals surface area contributed by atoms with Crippen LogP contribution in [0.5, 0.6) is 0 Å². The maximum Gasteiger partial charge on any atom is 0.264 e. The number of carbonyl (C=O) groups excluding carboxylic acids is 2. The lowest BCUT2D eigenvalue weighted by Gasteiger charge is -2.33. The van der Waals surface area contributed by atoms with E-state index in [4.69, 9.17) is 0 Å². The SMILES string of the molecule is CC[C@H](C(=O)NCC(C)C)N(CCc1ccccc1)C(=O)CN(c1ccccc1)S(=O)(=O)c1ccc(F)cc1. The van der Waals surface area contributed by atoms with E-state index in [1.807, 2.05) is 51.1 Å². The van der Waals surface area contributed by atoms with Crippen LogP contribution in [0.3, 0.4) is 0 Å². The Morgan fingerprint density at radius 1 is 0.897 bits per heavy atom. The third kappa shape index (κ3) is 8.13. The van der Waals surface area contributed by atoms with Gasteiger partial charge in [0.2, 0.25) is 11.8 Å². The molecular formula is C30H36FN3O4S. The highest BCUT2D eigenvalue weighted by Gasteiger charge is 2.33. The van der Waals surface area contributed by atoms with Crippen LogP contribution in [0.25, 0.3) is 0 Å². The molecule has 1 atom stereocenters. The number of amides is 2. The van der Waals surface area contributed by atoms with Gasteiger partial charge in [-0.15, -0.1) is 0 Å². The average Bonchev–Trinajstić information content (AvgIpc) is 2.93. The first kappa shape index (κ1) is 29.8. The van der Waals surface area contributed by atoms with Gasteiger partial charge in [-0.25, -0.2) is 12.8 Å². The van der Waals surface area contributed by atoms with Gasteiger partial charge in [0.15, 0.2) is 0 Å². The van der Waals surface area contributed by atoms with Crippen molar-refractivity contribution in [1.29, 1.82) is 0 Å². The van der Waals surface area contributed by atoms with E-state index in [0.717, 1.165) is 22.0 Å². The van der Waals surface area contributed by atoms with Crippen molar-refractivity contribution >= 4 is 27.5 Å². The molecule has 0 aliphatic rings. The van der Waals surface area contributed by atoms with Crippen LogP contribution in [0.4, 0.5) is 10.1 Å². The first-order valence-electron chi connectivity index (χ1n) is 13.1. The van der Waals surface area contributed by atoms with Crippen molar-refractivity contribution in [2.75, 3.05) is 23.9 Å². The molecule has 2 amide bonds. The monoisotopic (exact) mass is 553 g/mol. The van der Waals surface area contributed by atoms with E-state index in [2.05, 4.69) is 5.32 Å². The van der Waals surface area contributed by atoms with Gasteiger partial charge in [-0.3, -0.25) is 13.9 Å². The largest absolute Gasteiger partial charge is 0.354 e. The van der Waals surface area contributed by atoms with Crippen LogP contribution >= 0.6 is 0 Å². The fourth-order valence-corrected chi connectivity index (χ4v) is 5.59. The zero-order chi connectivity index (χ0) is 28.4. The number of anilines is 1. The molecule has 1 N–H and O–H groups in total. The van der Waals surface area contributed by atoms with Crippen molar-refractivity contribution in [3.63, 3.8) is 0 Å². The van der Waals surface area contributed by atoms with Crippen molar-refractivity contribution in [1.82, 2.24) is 10.2 Å². The molecule has 0 unspecified atom stereocenters. The smallest absolute Gasteiger partial charge is 0.264 e. The summed E-state index contributed by atoms with van der Waals surface area (Å²) in [5.74, 6) is -1.12. The van der Waals surface area contributed by atoms with Gasteiger partial charge in [-0.1, -0.05) is 69.3 Å². The highest BCUT2D eigenvalue weighted by atomic mass is 32.2. The van der Waals surface area contributed by atoms with Gasteiger partial charge in [-0.2, -0.15) is 0 Å². The second-order valence-corrected chi connectivity index (χ2v) is 11.5. The normalized spacial score (nSPS) is 12.1. The molecule has 3 aromatic carbocycles. The average molecular weight is 554 g/mol. The lowest BCUT2D eigenvalue weighted by Crippen LogP contribution is -2.53. The standard InChI is InChI=1S/C30H36FN3O4S/c1-4-28(30(36)32-21-23(2)3)33(20-19-24-11-7-5-8-12-24)29(35)22-34(26-13-9-6-10-14-26)39(37,38)27-17-15-25(31)16-18-27/h5-18,23,28H,4,19-22H2,1-3H3,(H,32,36)/t28-/m1/s1. The number of nitrogens with zero attached hydrogens (tertiary/aromatic N) is 2. The van der Waals surface area contributed by atoms with Gasteiger partial charge in [0.05, 0.1) is 10.6 Å². The Morgan fingerprint density at radius 2 is 1.49 bits per heavy atom. The molecule has 3 aromatic rings. The predicted molar refractivity (Wildman–Crippen MR) is 151 cm³/mol. The van der Waals surface area contributed by atoms with Crippen LogP contribution in [-0.4, -0.2) is 50.8 Å². The molecule has 0 spiro atoms. The fourth-order valence-electron chi connectivity index (χ4n) is 4.18. The minimum absolute atomic E-state index is 0.141. The zero-order valence-electron chi connectivity index (χ0n) is 22.6. The van der Waals surface area contributed by atoms with Gasteiger partial charge in [0.25, 0.3) is 10.0 Å². The molecule has 0 aromatic heterocycles. The van der Waals surface area contributed by atoms with Gasteiger partial charge in [-0.05, 0) is 60.7 Å². The van der Waals surface area contributed by atoms with Gasteiger partial charge >= 0.3 is 0 Å². The van der Waals surface area contributed by atoms with Crippen LogP contribution in [-0.2, 0) is 26.0 Å². The molecule has 0 saturated carbocycles. The van der Waals surface area contributed by atoms with E-state index in [1.54, 1.807) is 30.3 Å². The number of hydrogen-bond donors (Lipinski definition) is 1. The van der Waals surface area contributed by atoms with Gasteiger partial charge < -0.3 is 10.2 Å².